The minimum atomic E-state index is -0.0835. The Morgan fingerprint density at radius 3 is 1.72 bits per heavy atom. The lowest BCUT2D eigenvalue weighted by Gasteiger charge is -2.28. The van der Waals surface area contributed by atoms with Gasteiger partial charge in [0.2, 0.25) is 0 Å². The average molecular weight is 696 g/mol. The van der Waals surface area contributed by atoms with Crippen molar-refractivity contribution < 1.29 is 0 Å². The Morgan fingerprint density at radius 1 is 0.377 bits per heavy atom. The first-order chi connectivity index (χ1) is 26.0. The second kappa shape index (κ2) is 12.5. The van der Waals surface area contributed by atoms with Crippen LogP contribution in [0.3, 0.4) is 0 Å². The van der Waals surface area contributed by atoms with Crippen LogP contribution in [-0.4, -0.2) is 0 Å². The molecule has 10 rings (SSSR count). The summed E-state index contributed by atoms with van der Waals surface area (Å²) in [6.07, 6.45) is 0. The standard InChI is InChI=1S/C51H37NS/c1-51(2)47-20-8-6-16-43(47)44-31-30-41(33-48(44)51)52(39-26-22-35(23-27-39)34-12-4-3-5-13-34)40-28-24-36(25-29-40)37-14-10-15-38(32-37)42-18-11-19-46-45-17-7-9-21-49(45)53-50(42)46/h3-33H,1-2H3. The molecule has 2 heteroatoms. The van der Waals surface area contributed by atoms with Gasteiger partial charge < -0.3 is 4.90 Å². The Hall–Kier alpha value is -6.22. The van der Waals surface area contributed by atoms with E-state index in [1.165, 1.54) is 75.8 Å². The van der Waals surface area contributed by atoms with Gasteiger partial charge in [0.15, 0.2) is 0 Å². The zero-order valence-corrected chi connectivity index (χ0v) is 30.6. The average Bonchev–Trinajstić information content (AvgIpc) is 3.71. The van der Waals surface area contributed by atoms with Gasteiger partial charge in [0.1, 0.15) is 0 Å². The van der Waals surface area contributed by atoms with Crippen molar-refractivity contribution in [2.45, 2.75) is 19.3 Å². The van der Waals surface area contributed by atoms with Gasteiger partial charge in [0.25, 0.3) is 0 Å². The number of anilines is 3. The molecule has 0 aliphatic heterocycles. The lowest BCUT2D eigenvalue weighted by Crippen LogP contribution is -2.16. The molecule has 1 nitrogen and oxygen atoms in total. The van der Waals surface area contributed by atoms with Crippen molar-refractivity contribution in [1.82, 2.24) is 0 Å². The highest BCUT2D eigenvalue weighted by molar-refractivity contribution is 7.26. The van der Waals surface area contributed by atoms with Gasteiger partial charge in [-0.25, -0.2) is 0 Å². The molecule has 0 N–H and O–H groups in total. The summed E-state index contributed by atoms with van der Waals surface area (Å²) in [6, 6.07) is 69.0. The van der Waals surface area contributed by atoms with Crippen molar-refractivity contribution in [1.29, 1.82) is 0 Å². The van der Waals surface area contributed by atoms with E-state index in [-0.39, 0.29) is 5.41 Å². The van der Waals surface area contributed by atoms with E-state index < -0.39 is 0 Å². The van der Waals surface area contributed by atoms with E-state index in [2.05, 4.69) is 207 Å². The van der Waals surface area contributed by atoms with Crippen LogP contribution in [-0.2, 0) is 5.41 Å². The highest BCUT2D eigenvalue weighted by atomic mass is 32.1. The van der Waals surface area contributed by atoms with Crippen LogP contribution in [0.1, 0.15) is 25.0 Å². The van der Waals surface area contributed by atoms with Crippen molar-refractivity contribution in [2.24, 2.45) is 0 Å². The van der Waals surface area contributed by atoms with Gasteiger partial charge in [-0.1, -0.05) is 153 Å². The first-order valence-electron chi connectivity index (χ1n) is 18.3. The molecule has 53 heavy (non-hydrogen) atoms. The van der Waals surface area contributed by atoms with E-state index in [0.29, 0.717) is 0 Å². The Labute approximate surface area is 315 Å². The van der Waals surface area contributed by atoms with Gasteiger partial charge in [0.05, 0.1) is 0 Å². The Balaban J connectivity index is 1.04. The molecule has 0 bridgehead atoms. The second-order valence-corrected chi connectivity index (χ2v) is 15.6. The quantitative estimate of drug-likeness (QED) is 0.167. The Morgan fingerprint density at radius 2 is 0.925 bits per heavy atom. The third-order valence-corrected chi connectivity index (χ3v) is 12.3. The van der Waals surface area contributed by atoms with Crippen molar-refractivity contribution >= 4 is 48.6 Å². The molecule has 8 aromatic carbocycles. The number of nitrogens with zero attached hydrogens (tertiary/aromatic N) is 1. The van der Waals surface area contributed by atoms with Crippen LogP contribution in [0, 0.1) is 0 Å². The smallest absolute Gasteiger partial charge is 0.0465 e. The van der Waals surface area contributed by atoms with E-state index in [0.717, 1.165) is 17.1 Å². The van der Waals surface area contributed by atoms with Gasteiger partial charge in [-0.15, -0.1) is 11.3 Å². The largest absolute Gasteiger partial charge is 0.310 e. The van der Waals surface area contributed by atoms with E-state index in [4.69, 9.17) is 0 Å². The van der Waals surface area contributed by atoms with Crippen LogP contribution in [0.5, 0.6) is 0 Å². The summed E-state index contributed by atoms with van der Waals surface area (Å²) < 4.78 is 2.67. The molecule has 9 aromatic rings. The topological polar surface area (TPSA) is 3.24 Å². The van der Waals surface area contributed by atoms with Crippen LogP contribution in [0.15, 0.2) is 188 Å². The number of thiophene rings is 1. The molecule has 1 aliphatic rings. The molecule has 252 valence electrons. The molecule has 1 heterocycles. The fraction of sp³-hybridized carbons (Fsp3) is 0.0588. The van der Waals surface area contributed by atoms with Crippen LogP contribution in [0.25, 0.3) is 64.7 Å². The van der Waals surface area contributed by atoms with Crippen molar-refractivity contribution in [2.75, 3.05) is 4.90 Å². The highest BCUT2D eigenvalue weighted by Gasteiger charge is 2.35. The zero-order chi connectivity index (χ0) is 35.5. The third kappa shape index (κ3) is 5.29. The zero-order valence-electron chi connectivity index (χ0n) is 29.8. The number of rotatable bonds is 6. The normalized spacial score (nSPS) is 12.9. The summed E-state index contributed by atoms with van der Waals surface area (Å²) in [7, 11) is 0. The summed E-state index contributed by atoms with van der Waals surface area (Å²) in [6.45, 7) is 4.70. The fourth-order valence-electron chi connectivity index (χ4n) is 8.36. The van der Waals surface area contributed by atoms with Crippen molar-refractivity contribution in [3.8, 4) is 44.5 Å². The molecule has 0 fully saturated rings. The summed E-state index contributed by atoms with van der Waals surface area (Å²) >= 11 is 1.88. The molecule has 1 aromatic heterocycles. The third-order valence-electron chi connectivity index (χ3n) is 11.1. The summed E-state index contributed by atoms with van der Waals surface area (Å²) in [4.78, 5) is 2.40. The molecule has 0 spiro atoms. The van der Waals surface area contributed by atoms with E-state index in [9.17, 15) is 0 Å². The molecular weight excluding hydrogens is 659 g/mol. The van der Waals surface area contributed by atoms with Crippen molar-refractivity contribution in [3.63, 3.8) is 0 Å². The van der Waals surface area contributed by atoms with Gasteiger partial charge in [0, 0.05) is 42.6 Å². The van der Waals surface area contributed by atoms with Crippen molar-refractivity contribution in [3.05, 3.63) is 199 Å². The lowest BCUT2D eigenvalue weighted by atomic mass is 9.82. The minimum absolute atomic E-state index is 0.0835. The monoisotopic (exact) mass is 695 g/mol. The van der Waals surface area contributed by atoms with Gasteiger partial charge in [-0.3, -0.25) is 0 Å². The first kappa shape index (κ1) is 31.5. The Bertz CT molecular complexity index is 2790. The molecule has 0 unspecified atom stereocenters. The predicted molar refractivity (Wildman–Crippen MR) is 228 cm³/mol. The highest BCUT2D eigenvalue weighted by Crippen LogP contribution is 2.51. The molecule has 0 amide bonds. The maximum absolute atomic E-state index is 2.41. The fourth-order valence-corrected chi connectivity index (χ4v) is 9.59. The van der Waals surface area contributed by atoms with Crippen LogP contribution in [0.2, 0.25) is 0 Å². The summed E-state index contributed by atoms with van der Waals surface area (Å²) in [5.41, 5.74) is 16.1. The molecule has 0 saturated heterocycles. The number of fused-ring (bicyclic) bond motifs is 6. The Kier molecular flexibility index (Phi) is 7.42. The molecule has 1 aliphatic carbocycles. The maximum atomic E-state index is 2.41. The number of benzene rings is 8. The van der Waals surface area contributed by atoms with Crippen LogP contribution >= 0.6 is 11.3 Å². The second-order valence-electron chi connectivity index (χ2n) is 14.6. The van der Waals surface area contributed by atoms with E-state index in [1.807, 2.05) is 11.3 Å². The van der Waals surface area contributed by atoms with Gasteiger partial charge in [-0.2, -0.15) is 0 Å². The van der Waals surface area contributed by atoms with E-state index >= 15 is 0 Å². The molecular formula is C51H37NS. The maximum Gasteiger partial charge on any atom is 0.0465 e. The first-order valence-corrected chi connectivity index (χ1v) is 19.2. The molecule has 0 atom stereocenters. The lowest BCUT2D eigenvalue weighted by molar-refractivity contribution is 0.660. The van der Waals surface area contributed by atoms with Crippen LogP contribution in [0.4, 0.5) is 17.1 Å². The number of hydrogen-bond donors (Lipinski definition) is 0. The summed E-state index contributed by atoms with van der Waals surface area (Å²) in [5, 5.41) is 2.66. The summed E-state index contributed by atoms with van der Waals surface area (Å²) in [5.74, 6) is 0. The van der Waals surface area contributed by atoms with E-state index in [1.54, 1.807) is 0 Å². The molecule has 0 radical (unpaired) electrons. The van der Waals surface area contributed by atoms with Gasteiger partial charge in [-0.05, 0) is 104 Å². The van der Waals surface area contributed by atoms with Gasteiger partial charge >= 0.3 is 0 Å². The minimum Gasteiger partial charge on any atom is -0.310 e. The SMILES string of the molecule is CC1(C)c2ccccc2-c2ccc(N(c3ccc(-c4ccccc4)cc3)c3ccc(-c4cccc(-c5cccc6c5sc5ccccc56)c4)cc3)cc21. The molecule has 0 saturated carbocycles. The predicted octanol–water partition coefficient (Wildman–Crippen LogP) is 14.8. The van der Waals surface area contributed by atoms with Crippen LogP contribution < -0.4 is 4.90 Å². The number of hydrogen-bond acceptors (Lipinski definition) is 2.